The summed E-state index contributed by atoms with van der Waals surface area (Å²) in [5, 5.41) is 2.71. The highest BCUT2D eigenvalue weighted by atomic mass is 35.6. The van der Waals surface area contributed by atoms with Gasteiger partial charge >= 0.3 is 0 Å². The van der Waals surface area contributed by atoms with E-state index >= 15 is 0 Å². The molecular weight excluding hydrogens is 260 g/mol. The number of rotatable bonds is 3. The number of halogens is 3. The molecular formula is C9H14Cl3NO2. The van der Waals surface area contributed by atoms with Crippen molar-refractivity contribution in [1.82, 2.24) is 5.32 Å². The van der Waals surface area contributed by atoms with Crippen molar-refractivity contribution in [3.05, 3.63) is 0 Å². The Bertz CT molecular complexity index is 254. The molecule has 1 N–H and O–H groups in total. The van der Waals surface area contributed by atoms with Crippen LogP contribution in [-0.4, -0.2) is 21.5 Å². The summed E-state index contributed by atoms with van der Waals surface area (Å²) in [6.45, 7) is 3.85. The molecule has 6 heteroatoms. The molecule has 15 heavy (non-hydrogen) atoms. The fraction of sp³-hybridized carbons (Fsp3) is 0.889. The minimum Gasteiger partial charge on any atom is -0.338 e. The number of hydrogen-bond acceptors (Lipinski definition) is 2. The molecule has 0 aliphatic carbocycles. The van der Waals surface area contributed by atoms with E-state index in [9.17, 15) is 4.79 Å². The van der Waals surface area contributed by atoms with Crippen LogP contribution in [0.3, 0.4) is 0 Å². The molecule has 88 valence electrons. The molecule has 0 unspecified atom stereocenters. The van der Waals surface area contributed by atoms with E-state index in [2.05, 4.69) is 12.2 Å². The predicted molar refractivity (Wildman–Crippen MR) is 61.2 cm³/mol. The highest BCUT2D eigenvalue weighted by Gasteiger charge is 2.50. The van der Waals surface area contributed by atoms with E-state index in [4.69, 9.17) is 39.5 Å². The van der Waals surface area contributed by atoms with Crippen LogP contribution in [0.1, 0.15) is 33.1 Å². The topological polar surface area (TPSA) is 38.3 Å². The van der Waals surface area contributed by atoms with Crippen molar-refractivity contribution < 1.29 is 9.53 Å². The number of unbranched alkanes of at least 4 members (excludes halogenated alkanes) is 1. The molecule has 1 aliphatic heterocycles. The van der Waals surface area contributed by atoms with Crippen molar-refractivity contribution in [1.29, 1.82) is 0 Å². The number of alkyl halides is 3. The van der Waals surface area contributed by atoms with Crippen molar-refractivity contribution in [3.63, 3.8) is 0 Å². The first-order valence-electron chi connectivity index (χ1n) is 4.85. The molecule has 3 nitrogen and oxygen atoms in total. The maximum atomic E-state index is 11.5. The summed E-state index contributed by atoms with van der Waals surface area (Å²) in [5.74, 6) is -0.367. The summed E-state index contributed by atoms with van der Waals surface area (Å²) in [4.78, 5) is 11.5. The van der Waals surface area contributed by atoms with E-state index in [1.807, 2.05) is 0 Å². The van der Waals surface area contributed by atoms with E-state index in [-0.39, 0.29) is 5.91 Å². The standard InChI is InChI=1S/C9H14Cl3NO2/c1-3-4-5-8(2)13-7(14)6(15-8)9(10,11)12/h6H,3-5H2,1-2H3,(H,13,14)/t6-,8+/m1/s1. The third-order valence-corrected chi connectivity index (χ3v) is 2.90. The average Bonchev–Trinajstić information content (AvgIpc) is 2.39. The number of amides is 1. The summed E-state index contributed by atoms with van der Waals surface area (Å²) in [6, 6.07) is 0. The lowest BCUT2D eigenvalue weighted by molar-refractivity contribution is -0.123. The highest BCUT2D eigenvalue weighted by molar-refractivity contribution is 6.68. The lowest BCUT2D eigenvalue weighted by Gasteiger charge is -2.25. The Hall–Kier alpha value is 0.300. The largest absolute Gasteiger partial charge is 0.338 e. The number of hydrogen-bond donors (Lipinski definition) is 1. The van der Waals surface area contributed by atoms with Gasteiger partial charge in [0.05, 0.1) is 0 Å². The quantitative estimate of drug-likeness (QED) is 0.804. The lowest BCUT2D eigenvalue weighted by atomic mass is 10.1. The van der Waals surface area contributed by atoms with Crippen molar-refractivity contribution >= 4 is 40.7 Å². The van der Waals surface area contributed by atoms with E-state index in [1.54, 1.807) is 6.92 Å². The first kappa shape index (κ1) is 13.4. The number of carbonyl (C=O) groups is 1. The average molecular weight is 275 g/mol. The Balaban J connectivity index is 2.66. The minimum atomic E-state index is -1.71. The van der Waals surface area contributed by atoms with Crippen LogP contribution in [0.25, 0.3) is 0 Å². The smallest absolute Gasteiger partial charge is 0.255 e. The molecule has 0 spiro atoms. The molecule has 0 aromatic carbocycles. The van der Waals surface area contributed by atoms with Crippen LogP contribution in [0.4, 0.5) is 0 Å². The van der Waals surface area contributed by atoms with Crippen LogP contribution in [0.2, 0.25) is 0 Å². The van der Waals surface area contributed by atoms with Gasteiger partial charge in [0.1, 0.15) is 5.72 Å². The summed E-state index contributed by atoms with van der Waals surface area (Å²) in [5.41, 5.74) is -0.707. The van der Waals surface area contributed by atoms with Crippen molar-refractivity contribution in [2.75, 3.05) is 0 Å². The van der Waals surface area contributed by atoms with E-state index < -0.39 is 15.6 Å². The summed E-state index contributed by atoms with van der Waals surface area (Å²) < 4.78 is 3.76. The van der Waals surface area contributed by atoms with Crippen molar-refractivity contribution in [2.24, 2.45) is 0 Å². The molecule has 1 amide bonds. The molecule has 0 aromatic rings. The first-order chi connectivity index (χ1) is 6.78. The fourth-order valence-corrected chi connectivity index (χ4v) is 1.95. The molecule has 1 aliphatic rings. The van der Waals surface area contributed by atoms with Gasteiger partial charge in [-0.05, 0) is 19.8 Å². The van der Waals surface area contributed by atoms with Crippen LogP contribution in [0, 0.1) is 0 Å². The molecule has 1 fully saturated rings. The van der Waals surface area contributed by atoms with E-state index in [0.29, 0.717) is 6.42 Å². The normalized spacial score (nSPS) is 31.8. The second-order valence-corrected chi connectivity index (χ2v) is 6.23. The minimum absolute atomic E-state index is 0.367. The lowest BCUT2D eigenvalue weighted by Crippen LogP contribution is -2.39. The van der Waals surface area contributed by atoms with E-state index in [1.165, 1.54) is 0 Å². The number of carbonyl (C=O) groups excluding carboxylic acids is 1. The van der Waals surface area contributed by atoms with Crippen molar-refractivity contribution in [3.8, 4) is 0 Å². The summed E-state index contributed by atoms with van der Waals surface area (Å²) in [7, 11) is 0. The summed E-state index contributed by atoms with van der Waals surface area (Å²) >= 11 is 16.9. The van der Waals surface area contributed by atoms with Gasteiger partial charge < -0.3 is 10.1 Å². The Morgan fingerprint density at radius 2 is 2.13 bits per heavy atom. The molecule has 0 saturated carbocycles. The zero-order valence-corrected chi connectivity index (χ0v) is 10.9. The molecule has 1 saturated heterocycles. The SMILES string of the molecule is CCCC[C@@]1(C)NC(=O)[C@H](C(Cl)(Cl)Cl)O1. The predicted octanol–water partition coefficient (Wildman–Crippen LogP) is 2.78. The maximum absolute atomic E-state index is 11.5. The van der Waals surface area contributed by atoms with Crippen LogP contribution in [0.5, 0.6) is 0 Å². The van der Waals surface area contributed by atoms with Gasteiger partial charge in [0, 0.05) is 0 Å². The third kappa shape index (κ3) is 3.38. The van der Waals surface area contributed by atoms with E-state index in [0.717, 1.165) is 12.8 Å². The number of nitrogens with one attached hydrogen (secondary N) is 1. The Morgan fingerprint density at radius 3 is 2.53 bits per heavy atom. The van der Waals surface area contributed by atoms with Crippen LogP contribution in [0.15, 0.2) is 0 Å². The van der Waals surface area contributed by atoms with Crippen LogP contribution in [-0.2, 0) is 9.53 Å². The fourth-order valence-electron chi connectivity index (χ4n) is 1.52. The van der Waals surface area contributed by atoms with Gasteiger partial charge in [0.15, 0.2) is 6.10 Å². The third-order valence-electron chi connectivity index (χ3n) is 2.31. The van der Waals surface area contributed by atoms with Crippen LogP contribution >= 0.6 is 34.8 Å². The first-order valence-corrected chi connectivity index (χ1v) is 5.98. The number of ether oxygens (including phenoxy) is 1. The van der Waals surface area contributed by atoms with Gasteiger partial charge in [0.25, 0.3) is 5.91 Å². The van der Waals surface area contributed by atoms with Gasteiger partial charge in [-0.2, -0.15) is 0 Å². The van der Waals surface area contributed by atoms with Gasteiger partial charge in [-0.3, -0.25) is 4.79 Å². The van der Waals surface area contributed by atoms with Gasteiger partial charge in [0.2, 0.25) is 3.79 Å². The second kappa shape index (κ2) is 4.66. The zero-order valence-electron chi connectivity index (χ0n) is 8.65. The zero-order chi connectivity index (χ0) is 11.7. The molecule has 0 radical (unpaired) electrons. The Kier molecular flexibility index (Phi) is 4.15. The highest BCUT2D eigenvalue weighted by Crippen LogP contribution is 2.38. The van der Waals surface area contributed by atoms with Gasteiger partial charge in [-0.15, -0.1) is 0 Å². The molecule has 0 bridgehead atoms. The van der Waals surface area contributed by atoms with Crippen molar-refractivity contribution in [2.45, 2.75) is 48.7 Å². The van der Waals surface area contributed by atoms with Gasteiger partial charge in [-0.25, -0.2) is 0 Å². The maximum Gasteiger partial charge on any atom is 0.255 e. The Morgan fingerprint density at radius 1 is 1.53 bits per heavy atom. The molecule has 2 atom stereocenters. The monoisotopic (exact) mass is 273 g/mol. The molecule has 0 aromatic heterocycles. The molecule has 1 heterocycles. The van der Waals surface area contributed by atoms with Crippen LogP contribution < -0.4 is 5.32 Å². The Labute approximate surface area is 104 Å². The van der Waals surface area contributed by atoms with Gasteiger partial charge in [-0.1, -0.05) is 48.1 Å². The second-order valence-electron chi connectivity index (χ2n) is 3.86. The molecule has 1 rings (SSSR count). The summed E-state index contributed by atoms with van der Waals surface area (Å²) in [6.07, 6.45) is 1.66.